The second kappa shape index (κ2) is 7.93. The molecule has 1 aromatic heterocycles. The van der Waals surface area contributed by atoms with Crippen molar-refractivity contribution in [3.8, 4) is 22.6 Å². The number of rotatable bonds is 5. The van der Waals surface area contributed by atoms with Crippen LogP contribution in [0.1, 0.15) is 11.1 Å². The summed E-state index contributed by atoms with van der Waals surface area (Å²) >= 11 is 0. The summed E-state index contributed by atoms with van der Waals surface area (Å²) in [7, 11) is 5.13. The van der Waals surface area contributed by atoms with Crippen LogP contribution in [0, 0.1) is 6.92 Å². The smallest absolute Gasteiger partial charge is 0.253 e. The summed E-state index contributed by atoms with van der Waals surface area (Å²) in [5, 5.41) is 3.37. The van der Waals surface area contributed by atoms with Gasteiger partial charge in [0.25, 0.3) is 5.56 Å². The largest absolute Gasteiger partial charge is 0.496 e. The minimum Gasteiger partial charge on any atom is -0.496 e. The highest BCUT2D eigenvalue weighted by Crippen LogP contribution is 2.36. The Kier molecular flexibility index (Phi) is 5.64. The minimum absolute atomic E-state index is 0.00927. The maximum Gasteiger partial charge on any atom is 0.253 e. The van der Waals surface area contributed by atoms with Gasteiger partial charge in [-0.1, -0.05) is 0 Å². The van der Waals surface area contributed by atoms with Crippen molar-refractivity contribution in [2.24, 2.45) is 7.05 Å². The number of hydrogen-bond donors (Lipinski definition) is 1. The monoisotopic (exact) mass is 357 g/mol. The van der Waals surface area contributed by atoms with Gasteiger partial charge in [0.15, 0.2) is 0 Å². The van der Waals surface area contributed by atoms with Crippen LogP contribution in [0.15, 0.2) is 29.2 Å². The molecule has 0 unspecified atom stereocenters. The van der Waals surface area contributed by atoms with Crippen LogP contribution >= 0.6 is 0 Å². The number of pyridine rings is 1. The molecule has 0 amide bonds. The van der Waals surface area contributed by atoms with Gasteiger partial charge in [0.1, 0.15) is 11.5 Å². The molecule has 2 aromatic rings. The van der Waals surface area contributed by atoms with Crippen molar-refractivity contribution in [1.82, 2.24) is 14.8 Å². The van der Waals surface area contributed by atoms with E-state index in [0.717, 1.165) is 60.9 Å². The van der Waals surface area contributed by atoms with E-state index in [1.807, 2.05) is 25.3 Å². The lowest BCUT2D eigenvalue weighted by atomic mass is 10.0. The molecular formula is C20H27N3O3. The molecule has 0 spiro atoms. The molecule has 2 heterocycles. The van der Waals surface area contributed by atoms with Gasteiger partial charge < -0.3 is 19.4 Å². The van der Waals surface area contributed by atoms with Gasteiger partial charge in [0.05, 0.1) is 14.2 Å². The lowest BCUT2D eigenvalue weighted by molar-refractivity contribution is 0.230. The number of aromatic nitrogens is 1. The normalized spacial score (nSPS) is 15.1. The minimum atomic E-state index is 0.00927. The Balaban J connectivity index is 2.02. The van der Waals surface area contributed by atoms with Crippen molar-refractivity contribution in [1.29, 1.82) is 0 Å². The zero-order valence-corrected chi connectivity index (χ0v) is 16.0. The van der Waals surface area contributed by atoms with Crippen LogP contribution in [-0.4, -0.2) is 49.9 Å². The maximum atomic E-state index is 12.0. The van der Waals surface area contributed by atoms with Crippen molar-refractivity contribution in [2.45, 2.75) is 13.5 Å². The van der Waals surface area contributed by atoms with Crippen LogP contribution in [0.2, 0.25) is 0 Å². The van der Waals surface area contributed by atoms with Crippen LogP contribution in [0.25, 0.3) is 11.1 Å². The predicted octanol–water partition coefficient (Wildman–Crippen LogP) is 1.78. The Labute approximate surface area is 154 Å². The summed E-state index contributed by atoms with van der Waals surface area (Å²) in [4.78, 5) is 14.4. The first kappa shape index (κ1) is 18.5. The van der Waals surface area contributed by atoms with E-state index in [1.54, 1.807) is 25.8 Å². The summed E-state index contributed by atoms with van der Waals surface area (Å²) in [6.45, 7) is 6.71. The fraction of sp³-hybridized carbons (Fsp3) is 0.450. The van der Waals surface area contributed by atoms with Gasteiger partial charge in [0.2, 0.25) is 0 Å². The molecule has 0 saturated carbocycles. The van der Waals surface area contributed by atoms with Gasteiger partial charge in [-0.05, 0) is 25.1 Å². The molecule has 1 N–H and O–H groups in total. The second-order valence-electron chi connectivity index (χ2n) is 6.72. The molecule has 26 heavy (non-hydrogen) atoms. The predicted molar refractivity (Wildman–Crippen MR) is 103 cm³/mol. The van der Waals surface area contributed by atoms with Gasteiger partial charge in [0, 0.05) is 68.2 Å². The number of methoxy groups -OCH3 is 2. The van der Waals surface area contributed by atoms with E-state index in [1.165, 1.54) is 0 Å². The first-order chi connectivity index (χ1) is 12.5. The zero-order valence-electron chi connectivity index (χ0n) is 16.0. The number of nitrogens with zero attached hydrogens (tertiary/aromatic N) is 2. The molecule has 0 radical (unpaired) electrons. The van der Waals surface area contributed by atoms with E-state index >= 15 is 0 Å². The van der Waals surface area contributed by atoms with E-state index < -0.39 is 0 Å². The molecule has 6 heteroatoms. The third-order valence-electron chi connectivity index (χ3n) is 4.88. The van der Waals surface area contributed by atoms with Crippen LogP contribution in [0.3, 0.4) is 0 Å². The van der Waals surface area contributed by atoms with Gasteiger partial charge >= 0.3 is 0 Å². The quantitative estimate of drug-likeness (QED) is 0.884. The standard InChI is InChI=1S/C20H27N3O3/c1-14-9-15(12-22(2)20(14)24)17-11-18(25-3)16(10-19(17)26-4)13-23-7-5-21-6-8-23/h9-12,21H,5-8,13H2,1-4H3. The van der Waals surface area contributed by atoms with E-state index in [-0.39, 0.29) is 5.56 Å². The molecule has 1 aliphatic heterocycles. The highest BCUT2D eigenvalue weighted by atomic mass is 16.5. The van der Waals surface area contributed by atoms with Crippen molar-refractivity contribution in [3.63, 3.8) is 0 Å². The molecule has 1 fully saturated rings. The molecule has 0 bridgehead atoms. The number of aryl methyl sites for hydroxylation is 2. The molecule has 0 aliphatic carbocycles. The third-order valence-corrected chi connectivity index (χ3v) is 4.88. The molecule has 1 saturated heterocycles. The van der Waals surface area contributed by atoms with Gasteiger partial charge in [-0.25, -0.2) is 0 Å². The fourth-order valence-electron chi connectivity index (χ4n) is 3.45. The van der Waals surface area contributed by atoms with E-state index in [2.05, 4.69) is 16.3 Å². The van der Waals surface area contributed by atoms with Crippen LogP contribution in [0.4, 0.5) is 0 Å². The Morgan fingerprint density at radius 2 is 1.77 bits per heavy atom. The van der Waals surface area contributed by atoms with E-state index in [4.69, 9.17) is 9.47 Å². The average Bonchev–Trinajstić information content (AvgIpc) is 2.66. The summed E-state index contributed by atoms with van der Waals surface area (Å²) in [6.07, 6.45) is 1.84. The van der Waals surface area contributed by atoms with Crippen molar-refractivity contribution in [2.75, 3.05) is 40.4 Å². The third kappa shape index (κ3) is 3.76. The highest BCUT2D eigenvalue weighted by Gasteiger charge is 2.17. The Bertz CT molecular complexity index is 813. The van der Waals surface area contributed by atoms with Crippen molar-refractivity contribution >= 4 is 0 Å². The lowest BCUT2D eigenvalue weighted by Crippen LogP contribution is -2.42. The molecule has 0 atom stereocenters. The van der Waals surface area contributed by atoms with Crippen molar-refractivity contribution < 1.29 is 9.47 Å². The molecule has 1 aromatic carbocycles. The van der Waals surface area contributed by atoms with Crippen molar-refractivity contribution in [3.05, 3.63) is 45.9 Å². The number of ether oxygens (including phenoxy) is 2. The molecule has 6 nitrogen and oxygen atoms in total. The van der Waals surface area contributed by atoms with Gasteiger partial charge in [-0.2, -0.15) is 0 Å². The van der Waals surface area contributed by atoms with Crippen LogP contribution in [-0.2, 0) is 13.6 Å². The summed E-state index contributed by atoms with van der Waals surface area (Å²) < 4.78 is 12.9. The van der Waals surface area contributed by atoms with E-state index in [9.17, 15) is 4.79 Å². The average molecular weight is 357 g/mol. The van der Waals surface area contributed by atoms with Crippen LogP contribution < -0.4 is 20.3 Å². The highest BCUT2D eigenvalue weighted by molar-refractivity contribution is 5.73. The molecule has 1 aliphatic rings. The topological polar surface area (TPSA) is 55.7 Å². The number of piperazine rings is 1. The van der Waals surface area contributed by atoms with Crippen LogP contribution in [0.5, 0.6) is 11.5 Å². The molecular weight excluding hydrogens is 330 g/mol. The second-order valence-corrected chi connectivity index (χ2v) is 6.72. The Morgan fingerprint density at radius 3 is 2.38 bits per heavy atom. The fourth-order valence-corrected chi connectivity index (χ4v) is 3.45. The first-order valence-electron chi connectivity index (χ1n) is 8.89. The zero-order chi connectivity index (χ0) is 18.7. The number of hydrogen-bond acceptors (Lipinski definition) is 5. The maximum absolute atomic E-state index is 12.0. The van der Waals surface area contributed by atoms with Gasteiger partial charge in [-0.15, -0.1) is 0 Å². The van der Waals surface area contributed by atoms with Gasteiger partial charge in [-0.3, -0.25) is 9.69 Å². The number of benzene rings is 1. The summed E-state index contributed by atoms with van der Waals surface area (Å²) in [5.41, 5.74) is 3.68. The summed E-state index contributed by atoms with van der Waals surface area (Å²) in [5.74, 6) is 1.62. The summed E-state index contributed by atoms with van der Waals surface area (Å²) in [6, 6.07) is 5.96. The Hall–Kier alpha value is -2.31. The molecule has 140 valence electrons. The first-order valence-corrected chi connectivity index (χ1v) is 8.89. The number of nitrogens with one attached hydrogen (secondary N) is 1. The Morgan fingerprint density at radius 1 is 1.08 bits per heavy atom. The lowest BCUT2D eigenvalue weighted by Gasteiger charge is -2.28. The SMILES string of the molecule is COc1cc(-c2cc(C)c(=O)n(C)c2)c(OC)cc1CN1CCNCC1. The van der Waals surface area contributed by atoms with E-state index in [0.29, 0.717) is 5.56 Å². The molecule has 3 rings (SSSR count).